The number of nitrogens with one attached hydrogen (secondary N) is 1. The maximum absolute atomic E-state index is 12.8. The first-order valence-electron chi connectivity index (χ1n) is 43.2. The van der Waals surface area contributed by atoms with Gasteiger partial charge in [-0.25, -0.2) is 19.9 Å². The Bertz CT molecular complexity index is 6680. The molecule has 3 fully saturated rings. The second-order valence-electron chi connectivity index (χ2n) is 33.0. The number of pyridine rings is 5. The van der Waals surface area contributed by atoms with Gasteiger partial charge in [-0.05, 0) is 181 Å². The molecule has 17 aromatic rings. The Morgan fingerprint density at radius 3 is 1.20 bits per heavy atom. The van der Waals surface area contributed by atoms with E-state index in [-0.39, 0.29) is 18.4 Å². The van der Waals surface area contributed by atoms with E-state index in [0.717, 1.165) is 195 Å². The van der Waals surface area contributed by atoms with Gasteiger partial charge in [0.15, 0.2) is 0 Å². The molecule has 2 amide bonds. The summed E-state index contributed by atoms with van der Waals surface area (Å²) in [5.41, 5.74) is 31.6. The highest BCUT2D eigenvalue weighted by Crippen LogP contribution is 2.41. The maximum atomic E-state index is 12.8. The first-order chi connectivity index (χ1) is 62.0. The van der Waals surface area contributed by atoms with Crippen LogP contribution in [-0.4, -0.2) is 166 Å². The number of imidazole rings is 4. The number of likely N-dealkylation sites (N-methyl/N-ethyl adjacent to an activating group) is 1. The van der Waals surface area contributed by atoms with Gasteiger partial charge in [0.25, 0.3) is 5.91 Å². The molecule has 640 valence electrons. The predicted molar refractivity (Wildman–Crippen MR) is 508 cm³/mol. The van der Waals surface area contributed by atoms with Gasteiger partial charge in [0.1, 0.15) is 34.2 Å². The van der Waals surface area contributed by atoms with E-state index in [2.05, 4.69) is 197 Å². The number of benzene rings is 7. The lowest BCUT2D eigenvalue weighted by Crippen LogP contribution is -2.48. The first-order valence-corrected chi connectivity index (χ1v) is 44.7. The molecule has 25 heteroatoms. The van der Waals surface area contributed by atoms with Gasteiger partial charge in [-0.2, -0.15) is 0 Å². The first kappa shape index (κ1) is 85.3. The quantitative estimate of drug-likeness (QED) is 0.0774. The van der Waals surface area contributed by atoms with Crippen molar-refractivity contribution >= 4 is 80.8 Å². The van der Waals surface area contributed by atoms with Gasteiger partial charge in [-0.3, -0.25) is 29.3 Å². The molecule has 1 saturated carbocycles. The van der Waals surface area contributed by atoms with Crippen LogP contribution in [0.25, 0.3) is 101 Å². The summed E-state index contributed by atoms with van der Waals surface area (Å²) in [7, 11) is 3.51. The number of carbonyl (C=O) groups excluding carboxylic acids is 2. The lowest BCUT2D eigenvalue weighted by atomic mass is 10.0. The summed E-state index contributed by atoms with van der Waals surface area (Å²) in [5.74, 6) is 2.79. The number of nitrogens with zero attached hydrogens (tertiary/aromatic N) is 17. The van der Waals surface area contributed by atoms with E-state index < -0.39 is 0 Å². The second kappa shape index (κ2) is 38.8. The second-order valence-corrected chi connectivity index (χ2v) is 34.7. The molecule has 0 spiro atoms. The molecule has 0 radical (unpaired) electrons. The van der Waals surface area contributed by atoms with Crippen LogP contribution in [0.3, 0.4) is 0 Å². The van der Waals surface area contributed by atoms with E-state index in [0.29, 0.717) is 42.2 Å². The number of hydrogen-bond acceptors (Lipinski definition) is 14. The van der Waals surface area contributed by atoms with E-state index >= 15 is 0 Å². The Labute approximate surface area is 758 Å². The SMILES string of the molecule is CN(C)C(=O)CNCc1c(-c2ccc(Cl)cc2)nc2ccc(-c3ccccc3)cn12.Cc1nnc2n1CCN(Cc1c(-c3ccc(Cl)cc3)nc3ccc(-c4ccccc4)cn13)C2.NC1CCN(Cc2c(-c3ccc(Cl)cc3)nc3ccc(-c4ccccc4)cn23)CC1.O=C(c1ccncc1)N1CCN(Cc2c(-c3ccc(Cl)cc3)nc3ccc(C4CC4)cn23)CC1. The highest BCUT2D eigenvalue weighted by Gasteiger charge is 2.30. The Morgan fingerprint density at radius 2 is 0.780 bits per heavy atom. The van der Waals surface area contributed by atoms with Crippen molar-refractivity contribution in [1.82, 2.24) is 87.1 Å². The summed E-state index contributed by atoms with van der Waals surface area (Å²) in [4.78, 5) is 59.6. The van der Waals surface area contributed by atoms with Gasteiger partial charge in [-0.15, -0.1) is 10.2 Å². The number of rotatable bonds is 19. The van der Waals surface area contributed by atoms with Crippen LogP contribution in [-0.2, 0) is 44.1 Å². The predicted octanol–water partition coefficient (Wildman–Crippen LogP) is 19.9. The van der Waals surface area contributed by atoms with Crippen LogP contribution in [0.15, 0.2) is 286 Å². The van der Waals surface area contributed by atoms with Crippen LogP contribution in [0.4, 0.5) is 0 Å². The average Bonchev–Trinajstić information content (AvgIpc) is 1.64. The Balaban J connectivity index is 0.000000115. The Kier molecular flexibility index (Phi) is 26.0. The number of aryl methyl sites for hydroxylation is 1. The summed E-state index contributed by atoms with van der Waals surface area (Å²) < 4.78 is 11.1. The molecule has 0 unspecified atom stereocenters. The fourth-order valence-electron chi connectivity index (χ4n) is 16.9. The fourth-order valence-corrected chi connectivity index (χ4v) is 17.4. The van der Waals surface area contributed by atoms with Crippen molar-refractivity contribution < 1.29 is 9.59 Å². The molecule has 21 nitrogen and oxygen atoms in total. The molecule has 1 aliphatic carbocycles. The van der Waals surface area contributed by atoms with E-state index in [1.54, 1.807) is 43.5 Å². The summed E-state index contributed by atoms with van der Waals surface area (Å²) in [6, 6.07) is 83.5. The third-order valence-corrected chi connectivity index (χ3v) is 25.2. The van der Waals surface area contributed by atoms with Gasteiger partial charge in [-0.1, -0.05) is 192 Å². The van der Waals surface area contributed by atoms with Gasteiger partial charge in [0, 0.05) is 184 Å². The van der Waals surface area contributed by atoms with Crippen molar-refractivity contribution in [2.75, 3.05) is 66.5 Å². The third kappa shape index (κ3) is 19.9. The molecular formula is C102H97Cl4N19O2. The molecule has 21 rings (SSSR count). The lowest BCUT2D eigenvalue weighted by molar-refractivity contribution is -0.127. The van der Waals surface area contributed by atoms with Gasteiger partial charge in [0.2, 0.25) is 5.91 Å². The van der Waals surface area contributed by atoms with Crippen LogP contribution >= 0.6 is 46.4 Å². The van der Waals surface area contributed by atoms with E-state index in [4.69, 9.17) is 72.1 Å². The zero-order valence-electron chi connectivity index (χ0n) is 71.0. The standard InChI is InChI=1S/C27H26ClN5O.C26H23ClN6.C25H25ClN4.C24H23ClN4O/c28-23-6-3-20(4-7-23)26-24(33-17-22(19-1-2-19)5-8-25(33)30-26)18-31-13-15-32(16-14-31)27(34)21-9-11-29-12-10-21;1-18-29-30-25-17-31(13-14-32(18)25)16-23-26(20-7-10-22(27)11-8-20)28-24-12-9-21(15-33(23)24)19-5-3-2-4-6-19;26-21-9-6-19(7-10-21)25-23(17-29-14-12-22(27)13-15-29)30-16-20(8-11-24(30)28-25)18-4-2-1-3-5-18;1-28(2)23(30)15-26-14-21-24(18-8-11-20(25)12-9-18)27-22-13-10-19(16-29(21)22)17-6-4-3-5-7-17/h3-12,17,19H,1-2,13-16,18H2;2-12,15H,13-14,16-17H2,1H3;1-11,16,22H,12-15,17,27H2;3-13,16,26H,14-15H2,1-2H3. The van der Waals surface area contributed by atoms with Crippen LogP contribution in [0.2, 0.25) is 20.1 Å². The topological polar surface area (TPSA) is 201 Å². The molecule has 0 bridgehead atoms. The van der Waals surface area contributed by atoms with Crippen molar-refractivity contribution in [2.24, 2.45) is 5.73 Å². The Hall–Kier alpha value is -12.5. The zero-order valence-corrected chi connectivity index (χ0v) is 74.1. The summed E-state index contributed by atoms with van der Waals surface area (Å²) >= 11 is 24.5. The van der Waals surface area contributed by atoms with Crippen molar-refractivity contribution in [1.29, 1.82) is 0 Å². The number of halogens is 4. The largest absolute Gasteiger partial charge is 0.348 e. The molecule has 3 N–H and O–H groups in total. The number of nitrogens with two attached hydrogens (primary N) is 1. The van der Waals surface area contributed by atoms with Gasteiger partial charge < -0.3 is 43.0 Å². The fraction of sp³-hybridized carbons (Fsp3) is 0.225. The van der Waals surface area contributed by atoms with Crippen LogP contribution < -0.4 is 11.1 Å². The third-order valence-electron chi connectivity index (χ3n) is 24.2. The van der Waals surface area contributed by atoms with Crippen LogP contribution in [0, 0.1) is 6.92 Å². The normalized spacial score (nSPS) is 14.4. The number of hydrogen-bond donors (Lipinski definition) is 2. The minimum absolute atomic E-state index is 0.0295. The summed E-state index contributed by atoms with van der Waals surface area (Å²) in [6.07, 6.45) is 16.8. The highest BCUT2D eigenvalue weighted by atomic mass is 35.5. The van der Waals surface area contributed by atoms with Gasteiger partial charge >= 0.3 is 0 Å². The van der Waals surface area contributed by atoms with Crippen molar-refractivity contribution in [3.05, 3.63) is 352 Å². The monoisotopic (exact) mass is 1760 g/mol. The smallest absolute Gasteiger partial charge is 0.254 e. The molecule has 13 heterocycles. The van der Waals surface area contributed by atoms with Gasteiger partial charge in [0.05, 0.1) is 58.6 Å². The Morgan fingerprint density at radius 1 is 0.402 bits per heavy atom. The zero-order chi connectivity index (χ0) is 87.0. The van der Waals surface area contributed by atoms with Crippen LogP contribution in [0.5, 0.6) is 0 Å². The molecule has 2 saturated heterocycles. The maximum Gasteiger partial charge on any atom is 0.254 e. The number of likely N-dealkylation sites (tertiary alicyclic amines) is 1. The van der Waals surface area contributed by atoms with E-state index in [1.807, 2.05) is 133 Å². The van der Waals surface area contributed by atoms with E-state index in [9.17, 15) is 9.59 Å². The number of aromatic nitrogens is 12. The molecular weight excluding hydrogens is 1670 g/mol. The minimum Gasteiger partial charge on any atom is -0.348 e. The molecule has 4 aliphatic rings. The lowest BCUT2D eigenvalue weighted by Gasteiger charge is -2.34. The number of piperidine rings is 1. The molecule has 3 aliphatic heterocycles. The molecule has 10 aromatic heterocycles. The van der Waals surface area contributed by atoms with Crippen molar-refractivity contribution in [2.45, 2.75) is 83.8 Å². The molecule has 7 aromatic carbocycles. The highest BCUT2D eigenvalue weighted by molar-refractivity contribution is 6.31. The molecule has 127 heavy (non-hydrogen) atoms. The van der Waals surface area contributed by atoms with Crippen LogP contribution in [0.1, 0.15) is 81.9 Å². The van der Waals surface area contributed by atoms with Crippen molar-refractivity contribution in [3.8, 4) is 78.4 Å². The number of piperazine rings is 1. The van der Waals surface area contributed by atoms with Crippen molar-refractivity contribution in [3.63, 3.8) is 0 Å². The summed E-state index contributed by atoms with van der Waals surface area (Å²) in [6.45, 7) is 12.9. The van der Waals surface area contributed by atoms with E-state index in [1.165, 1.54) is 52.0 Å². The number of carbonyl (C=O) groups is 2. The molecule has 0 atom stereocenters. The summed E-state index contributed by atoms with van der Waals surface area (Å²) in [5, 5.41) is 14.8. The number of fused-ring (bicyclic) bond motifs is 5. The minimum atomic E-state index is 0.0295. The average molecular weight is 1760 g/mol. The number of amides is 2.